The van der Waals surface area contributed by atoms with Crippen LogP contribution in [0.2, 0.25) is 5.02 Å². The van der Waals surface area contributed by atoms with Crippen molar-refractivity contribution in [2.75, 3.05) is 17.2 Å². The summed E-state index contributed by atoms with van der Waals surface area (Å²) in [5, 5.41) is 25.6. The van der Waals surface area contributed by atoms with Crippen LogP contribution in [0.1, 0.15) is 6.42 Å². The molecule has 1 aliphatic carbocycles. The lowest BCUT2D eigenvalue weighted by Gasteiger charge is -2.13. The number of nitrogens with one attached hydrogen (secondary N) is 3. The normalized spacial score (nSPS) is 17.6. The van der Waals surface area contributed by atoms with E-state index in [2.05, 4.69) is 25.9 Å². The van der Waals surface area contributed by atoms with Gasteiger partial charge in [0.05, 0.1) is 39.9 Å². The van der Waals surface area contributed by atoms with Crippen molar-refractivity contribution in [3.63, 3.8) is 0 Å². The zero-order valence-corrected chi connectivity index (χ0v) is 16.5. The Bertz CT molecular complexity index is 1390. The Morgan fingerprint density at radius 2 is 2.26 bits per heavy atom. The standard InChI is InChI=1S/C20H14ClF2N7O/c21-16-15(12-8-26-28-18(12)19(17(16)23)25-3-2-24)9-1-4-30-10(5-9)6-14(29-30)27-20(31)11-7-13(11)22/h1,4-6,8,11,13,25H,3,7H2,(H,26,28)(H,27,29,31)/t11-,13+/m1/s1. The Morgan fingerprint density at radius 3 is 3.00 bits per heavy atom. The van der Waals surface area contributed by atoms with Crippen molar-refractivity contribution >= 4 is 45.4 Å². The molecule has 2 atom stereocenters. The van der Waals surface area contributed by atoms with E-state index >= 15 is 4.39 Å². The predicted molar refractivity (Wildman–Crippen MR) is 111 cm³/mol. The van der Waals surface area contributed by atoms with Crippen molar-refractivity contribution < 1.29 is 13.6 Å². The van der Waals surface area contributed by atoms with E-state index in [1.807, 2.05) is 6.07 Å². The van der Waals surface area contributed by atoms with Crippen LogP contribution in [-0.4, -0.2) is 38.4 Å². The average Bonchev–Trinajstić information content (AvgIpc) is 3.12. The van der Waals surface area contributed by atoms with Crippen molar-refractivity contribution in [2.45, 2.75) is 12.6 Å². The van der Waals surface area contributed by atoms with Gasteiger partial charge in [-0.2, -0.15) is 15.5 Å². The molecular weight excluding hydrogens is 428 g/mol. The summed E-state index contributed by atoms with van der Waals surface area (Å²) in [7, 11) is 0. The quantitative estimate of drug-likeness (QED) is 0.407. The second-order valence-corrected chi connectivity index (χ2v) is 7.59. The van der Waals surface area contributed by atoms with E-state index < -0.39 is 23.8 Å². The van der Waals surface area contributed by atoms with Gasteiger partial charge in [-0.05, 0) is 24.1 Å². The van der Waals surface area contributed by atoms with Gasteiger partial charge in [0, 0.05) is 23.2 Å². The van der Waals surface area contributed by atoms with E-state index in [1.165, 1.54) is 6.20 Å². The summed E-state index contributed by atoms with van der Waals surface area (Å²) in [5.41, 5.74) is 2.12. The van der Waals surface area contributed by atoms with Gasteiger partial charge in [-0.15, -0.1) is 0 Å². The third kappa shape index (κ3) is 3.23. The minimum Gasteiger partial charge on any atom is -0.368 e. The number of H-pyrrole nitrogens is 1. The number of aromatic amines is 1. The number of pyridine rings is 1. The molecule has 0 radical (unpaired) electrons. The first-order valence-electron chi connectivity index (χ1n) is 9.37. The summed E-state index contributed by atoms with van der Waals surface area (Å²) >= 11 is 6.37. The summed E-state index contributed by atoms with van der Waals surface area (Å²) in [4.78, 5) is 12.0. The second kappa shape index (κ2) is 7.21. The van der Waals surface area contributed by atoms with Gasteiger partial charge in [0.15, 0.2) is 11.6 Å². The number of aromatic nitrogens is 4. The summed E-state index contributed by atoms with van der Waals surface area (Å²) in [6.07, 6.45) is 2.32. The number of halogens is 3. The van der Waals surface area contributed by atoms with Gasteiger partial charge >= 0.3 is 0 Å². The van der Waals surface area contributed by atoms with Crippen LogP contribution < -0.4 is 10.6 Å². The van der Waals surface area contributed by atoms with Crippen molar-refractivity contribution in [3.05, 3.63) is 41.4 Å². The highest BCUT2D eigenvalue weighted by molar-refractivity contribution is 6.36. The summed E-state index contributed by atoms with van der Waals surface area (Å²) < 4.78 is 29.6. The minimum atomic E-state index is -1.09. The molecule has 156 valence electrons. The summed E-state index contributed by atoms with van der Waals surface area (Å²) in [6.45, 7) is -0.0962. The Hall–Kier alpha value is -3.71. The van der Waals surface area contributed by atoms with Gasteiger partial charge in [-0.1, -0.05) is 11.6 Å². The number of hydrogen-bond donors (Lipinski definition) is 3. The van der Waals surface area contributed by atoms with E-state index in [9.17, 15) is 9.18 Å². The molecule has 3 aromatic heterocycles. The number of carbonyl (C=O) groups excluding carboxylic acids is 1. The summed E-state index contributed by atoms with van der Waals surface area (Å²) in [5.74, 6) is -1.43. The van der Waals surface area contributed by atoms with Crippen molar-refractivity contribution in [2.24, 2.45) is 5.92 Å². The number of carbonyl (C=O) groups is 1. The maximum absolute atomic E-state index is 15.0. The Labute approximate surface area is 178 Å². The molecule has 31 heavy (non-hydrogen) atoms. The second-order valence-electron chi connectivity index (χ2n) is 7.21. The molecule has 11 heteroatoms. The Kier molecular flexibility index (Phi) is 4.48. The van der Waals surface area contributed by atoms with Gasteiger partial charge in [-0.3, -0.25) is 9.89 Å². The fraction of sp³-hybridized carbons (Fsp3) is 0.200. The maximum Gasteiger partial charge on any atom is 0.231 e. The lowest BCUT2D eigenvalue weighted by atomic mass is 10.0. The molecule has 0 unspecified atom stereocenters. The fourth-order valence-corrected chi connectivity index (χ4v) is 3.86. The van der Waals surface area contributed by atoms with Crippen LogP contribution in [0, 0.1) is 23.1 Å². The van der Waals surface area contributed by atoms with Crippen LogP contribution >= 0.6 is 11.6 Å². The number of amides is 1. The molecule has 0 bridgehead atoms. The number of nitriles is 1. The number of benzene rings is 1. The molecule has 1 aliphatic rings. The van der Waals surface area contributed by atoms with E-state index in [0.29, 0.717) is 33.4 Å². The molecule has 8 nitrogen and oxygen atoms in total. The van der Waals surface area contributed by atoms with Crippen LogP contribution in [0.4, 0.5) is 20.3 Å². The minimum absolute atomic E-state index is 0.0736. The fourth-order valence-electron chi connectivity index (χ4n) is 3.56. The Morgan fingerprint density at radius 1 is 1.45 bits per heavy atom. The molecule has 1 amide bonds. The van der Waals surface area contributed by atoms with Crippen LogP contribution in [0.15, 0.2) is 30.6 Å². The molecule has 0 aliphatic heterocycles. The van der Waals surface area contributed by atoms with Crippen LogP contribution in [0.25, 0.3) is 27.5 Å². The highest BCUT2D eigenvalue weighted by Gasteiger charge is 2.43. The van der Waals surface area contributed by atoms with E-state index in [0.717, 1.165) is 0 Å². The van der Waals surface area contributed by atoms with E-state index in [1.54, 1.807) is 28.9 Å². The summed E-state index contributed by atoms with van der Waals surface area (Å²) in [6, 6.07) is 6.99. The first kappa shape index (κ1) is 19.3. The highest BCUT2D eigenvalue weighted by atomic mass is 35.5. The number of nitrogens with zero attached hydrogens (tertiary/aromatic N) is 4. The van der Waals surface area contributed by atoms with Crippen molar-refractivity contribution in [1.29, 1.82) is 5.26 Å². The molecule has 1 fully saturated rings. The number of fused-ring (bicyclic) bond motifs is 2. The van der Waals surface area contributed by atoms with Gasteiger partial charge in [0.2, 0.25) is 5.91 Å². The van der Waals surface area contributed by atoms with Crippen LogP contribution in [-0.2, 0) is 4.79 Å². The number of anilines is 2. The van der Waals surface area contributed by atoms with Crippen LogP contribution in [0.3, 0.4) is 0 Å². The third-order valence-corrected chi connectivity index (χ3v) is 5.54. The number of hydrogen-bond acceptors (Lipinski definition) is 5. The van der Waals surface area contributed by atoms with E-state index in [-0.39, 0.29) is 23.7 Å². The zero-order valence-electron chi connectivity index (χ0n) is 15.8. The van der Waals surface area contributed by atoms with Crippen LogP contribution in [0.5, 0.6) is 0 Å². The van der Waals surface area contributed by atoms with Gasteiger partial charge in [0.25, 0.3) is 0 Å². The van der Waals surface area contributed by atoms with Gasteiger partial charge in [0.1, 0.15) is 12.7 Å². The average molecular weight is 442 g/mol. The smallest absolute Gasteiger partial charge is 0.231 e. The molecule has 1 saturated carbocycles. The third-order valence-electron chi connectivity index (χ3n) is 5.19. The topological polar surface area (TPSA) is 111 Å². The highest BCUT2D eigenvalue weighted by Crippen LogP contribution is 2.41. The van der Waals surface area contributed by atoms with Crippen molar-refractivity contribution in [3.8, 4) is 17.2 Å². The SMILES string of the molecule is N#CCNc1c(F)c(Cl)c(-c2ccn3nc(NC(=O)[C@@H]4C[C@@H]4F)cc3c2)c2cn[nH]c12. The molecule has 5 rings (SSSR count). The number of alkyl halides is 1. The van der Waals surface area contributed by atoms with E-state index in [4.69, 9.17) is 16.9 Å². The molecule has 4 aromatic rings. The number of rotatable bonds is 5. The van der Waals surface area contributed by atoms with Gasteiger partial charge < -0.3 is 10.6 Å². The van der Waals surface area contributed by atoms with Crippen molar-refractivity contribution in [1.82, 2.24) is 19.8 Å². The molecule has 1 aromatic carbocycles. The molecular formula is C20H14ClF2N7O. The lowest BCUT2D eigenvalue weighted by Crippen LogP contribution is -2.15. The zero-order chi connectivity index (χ0) is 21.7. The molecule has 0 spiro atoms. The monoisotopic (exact) mass is 441 g/mol. The predicted octanol–water partition coefficient (Wildman–Crippen LogP) is 3.90. The molecule has 3 heterocycles. The first-order chi connectivity index (χ1) is 15.0. The lowest BCUT2D eigenvalue weighted by molar-refractivity contribution is -0.117. The molecule has 0 saturated heterocycles. The Balaban J connectivity index is 1.56. The largest absolute Gasteiger partial charge is 0.368 e. The van der Waals surface area contributed by atoms with Gasteiger partial charge in [-0.25, -0.2) is 13.3 Å². The first-order valence-corrected chi connectivity index (χ1v) is 9.75. The molecule has 3 N–H and O–H groups in total. The maximum atomic E-state index is 15.0.